The highest BCUT2D eigenvalue weighted by atomic mass is 19.3. The van der Waals surface area contributed by atoms with E-state index >= 15 is 0 Å². The Morgan fingerprint density at radius 2 is 2.12 bits per heavy atom. The van der Waals surface area contributed by atoms with Crippen LogP contribution in [0.4, 0.5) is 8.78 Å². The van der Waals surface area contributed by atoms with Crippen molar-refractivity contribution in [3.05, 3.63) is 0 Å². The Labute approximate surface area is 46.9 Å². The summed E-state index contributed by atoms with van der Waals surface area (Å²) >= 11 is 0. The second-order valence-corrected chi connectivity index (χ2v) is 2.36. The van der Waals surface area contributed by atoms with E-state index in [4.69, 9.17) is 5.73 Å². The summed E-state index contributed by atoms with van der Waals surface area (Å²) in [5.74, 6) is -2.46. The topological polar surface area (TPSA) is 26.0 Å². The molecule has 0 amide bonds. The van der Waals surface area contributed by atoms with Gasteiger partial charge in [0.05, 0.1) is 0 Å². The largest absolute Gasteiger partial charge is 0.327 e. The molecule has 1 aliphatic rings. The minimum absolute atomic E-state index is 0.0197. The SMILES string of the molecule is NC1CCC(F)(F)C1. The zero-order valence-corrected chi connectivity index (χ0v) is 4.53. The Morgan fingerprint density at radius 1 is 1.50 bits per heavy atom. The fourth-order valence-corrected chi connectivity index (χ4v) is 0.984. The van der Waals surface area contributed by atoms with E-state index in [1.165, 1.54) is 0 Å². The van der Waals surface area contributed by atoms with Gasteiger partial charge in [0.25, 0.3) is 0 Å². The molecular weight excluding hydrogens is 112 g/mol. The van der Waals surface area contributed by atoms with Crippen molar-refractivity contribution in [2.24, 2.45) is 5.73 Å². The maximum Gasteiger partial charge on any atom is 0.249 e. The normalized spacial score (nSPS) is 35.6. The molecule has 48 valence electrons. The van der Waals surface area contributed by atoms with E-state index in [0.29, 0.717) is 6.42 Å². The van der Waals surface area contributed by atoms with Gasteiger partial charge in [-0.3, -0.25) is 0 Å². The van der Waals surface area contributed by atoms with Crippen molar-refractivity contribution < 1.29 is 8.78 Å². The molecule has 0 radical (unpaired) electrons. The third-order valence-corrected chi connectivity index (χ3v) is 1.44. The molecule has 0 aromatic heterocycles. The lowest BCUT2D eigenvalue weighted by Gasteiger charge is -2.04. The lowest BCUT2D eigenvalue weighted by atomic mass is 10.3. The molecule has 1 unspecified atom stereocenters. The molecule has 1 saturated carbocycles. The van der Waals surface area contributed by atoms with Crippen LogP contribution in [0.5, 0.6) is 0 Å². The molecule has 1 fully saturated rings. The Bertz CT molecular complexity index is 92.4. The van der Waals surface area contributed by atoms with Crippen molar-refractivity contribution >= 4 is 0 Å². The summed E-state index contributed by atoms with van der Waals surface area (Å²) in [6, 6.07) is -0.259. The van der Waals surface area contributed by atoms with Gasteiger partial charge in [-0.15, -0.1) is 0 Å². The molecule has 0 heterocycles. The van der Waals surface area contributed by atoms with E-state index in [9.17, 15) is 8.78 Å². The maximum atomic E-state index is 12.1. The highest BCUT2D eigenvalue weighted by Crippen LogP contribution is 2.33. The van der Waals surface area contributed by atoms with Crippen LogP contribution >= 0.6 is 0 Å². The molecule has 2 N–H and O–H groups in total. The van der Waals surface area contributed by atoms with E-state index in [1.807, 2.05) is 0 Å². The standard InChI is InChI=1S/C5H9F2N/c6-5(7)2-1-4(8)3-5/h4H,1-3,8H2. The number of alkyl halides is 2. The minimum Gasteiger partial charge on any atom is -0.327 e. The van der Waals surface area contributed by atoms with Crippen LogP contribution in [0.15, 0.2) is 0 Å². The zero-order valence-electron chi connectivity index (χ0n) is 4.53. The third kappa shape index (κ3) is 1.15. The van der Waals surface area contributed by atoms with Gasteiger partial charge in [0, 0.05) is 18.9 Å². The summed E-state index contributed by atoms with van der Waals surface area (Å²) in [7, 11) is 0. The molecule has 0 spiro atoms. The summed E-state index contributed by atoms with van der Waals surface area (Å²) in [4.78, 5) is 0. The molecule has 1 atom stereocenters. The van der Waals surface area contributed by atoms with Crippen LogP contribution in [-0.2, 0) is 0 Å². The van der Waals surface area contributed by atoms with E-state index in [-0.39, 0.29) is 18.9 Å². The Morgan fingerprint density at radius 3 is 2.25 bits per heavy atom. The summed E-state index contributed by atoms with van der Waals surface area (Å²) < 4.78 is 24.2. The summed E-state index contributed by atoms with van der Waals surface area (Å²) in [6.45, 7) is 0. The fraction of sp³-hybridized carbons (Fsp3) is 1.00. The molecule has 0 aliphatic heterocycles. The number of rotatable bonds is 0. The van der Waals surface area contributed by atoms with Gasteiger partial charge < -0.3 is 5.73 Å². The van der Waals surface area contributed by atoms with Gasteiger partial charge in [-0.05, 0) is 6.42 Å². The van der Waals surface area contributed by atoms with Crippen molar-refractivity contribution in [2.75, 3.05) is 0 Å². The molecule has 1 rings (SSSR count). The van der Waals surface area contributed by atoms with Crippen LogP contribution in [0, 0.1) is 0 Å². The van der Waals surface area contributed by atoms with Crippen molar-refractivity contribution in [3.8, 4) is 0 Å². The van der Waals surface area contributed by atoms with Gasteiger partial charge in [0.2, 0.25) is 5.92 Å². The first kappa shape index (κ1) is 5.95. The van der Waals surface area contributed by atoms with E-state index in [1.54, 1.807) is 0 Å². The second kappa shape index (κ2) is 1.65. The van der Waals surface area contributed by atoms with Crippen molar-refractivity contribution in [3.63, 3.8) is 0 Å². The molecular formula is C5H9F2N. The van der Waals surface area contributed by atoms with Crippen molar-refractivity contribution in [2.45, 2.75) is 31.2 Å². The average molecular weight is 121 g/mol. The van der Waals surface area contributed by atoms with E-state index in [0.717, 1.165) is 0 Å². The van der Waals surface area contributed by atoms with Gasteiger partial charge in [0.1, 0.15) is 0 Å². The molecule has 8 heavy (non-hydrogen) atoms. The fourth-order valence-electron chi connectivity index (χ4n) is 0.984. The molecule has 1 nitrogen and oxygen atoms in total. The Balaban J connectivity index is 2.44. The van der Waals surface area contributed by atoms with Crippen molar-refractivity contribution in [1.29, 1.82) is 0 Å². The highest BCUT2D eigenvalue weighted by molar-refractivity contribution is 4.82. The summed E-state index contributed by atoms with van der Waals surface area (Å²) in [5, 5.41) is 0. The van der Waals surface area contributed by atoms with Crippen LogP contribution < -0.4 is 5.73 Å². The van der Waals surface area contributed by atoms with Crippen LogP contribution in [0.1, 0.15) is 19.3 Å². The van der Waals surface area contributed by atoms with Gasteiger partial charge in [0.15, 0.2) is 0 Å². The first-order chi connectivity index (χ1) is 3.60. The van der Waals surface area contributed by atoms with Gasteiger partial charge in [-0.2, -0.15) is 0 Å². The second-order valence-electron chi connectivity index (χ2n) is 2.36. The van der Waals surface area contributed by atoms with Crippen LogP contribution in [-0.4, -0.2) is 12.0 Å². The molecule has 0 saturated heterocycles. The summed E-state index contributed by atoms with van der Waals surface area (Å²) in [6.07, 6.45) is 0.341. The van der Waals surface area contributed by atoms with Crippen LogP contribution in [0.25, 0.3) is 0 Å². The first-order valence-electron chi connectivity index (χ1n) is 2.73. The predicted octanol–water partition coefficient (Wildman–Crippen LogP) is 1.13. The lowest BCUT2D eigenvalue weighted by molar-refractivity contribution is 0.00803. The number of nitrogens with two attached hydrogens (primary N) is 1. The van der Waals surface area contributed by atoms with E-state index in [2.05, 4.69) is 0 Å². The highest BCUT2D eigenvalue weighted by Gasteiger charge is 2.37. The van der Waals surface area contributed by atoms with Crippen LogP contribution in [0.2, 0.25) is 0 Å². The van der Waals surface area contributed by atoms with Gasteiger partial charge in [-0.1, -0.05) is 0 Å². The Kier molecular flexibility index (Phi) is 1.23. The number of halogens is 2. The number of hydrogen-bond donors (Lipinski definition) is 1. The zero-order chi connectivity index (χ0) is 6.20. The predicted molar refractivity (Wildman–Crippen MR) is 26.8 cm³/mol. The Hall–Kier alpha value is -0.180. The monoisotopic (exact) mass is 121 g/mol. The smallest absolute Gasteiger partial charge is 0.249 e. The van der Waals surface area contributed by atoms with E-state index < -0.39 is 5.92 Å². The summed E-state index contributed by atoms with van der Waals surface area (Å²) in [5.41, 5.74) is 5.23. The molecule has 3 heteroatoms. The molecule has 0 aromatic rings. The number of hydrogen-bond acceptors (Lipinski definition) is 1. The third-order valence-electron chi connectivity index (χ3n) is 1.44. The molecule has 1 aliphatic carbocycles. The minimum atomic E-state index is -2.46. The van der Waals surface area contributed by atoms with Gasteiger partial charge >= 0.3 is 0 Å². The maximum absolute atomic E-state index is 12.1. The average Bonchev–Trinajstić information content (AvgIpc) is 1.82. The van der Waals surface area contributed by atoms with Crippen LogP contribution in [0.3, 0.4) is 0 Å². The molecule has 0 bridgehead atoms. The van der Waals surface area contributed by atoms with Crippen molar-refractivity contribution in [1.82, 2.24) is 0 Å². The van der Waals surface area contributed by atoms with Gasteiger partial charge in [-0.25, -0.2) is 8.78 Å². The molecule has 0 aromatic carbocycles. The quantitative estimate of drug-likeness (QED) is 0.510. The lowest BCUT2D eigenvalue weighted by Crippen LogP contribution is -2.18. The first-order valence-corrected chi connectivity index (χ1v) is 2.73.